The fourth-order valence-corrected chi connectivity index (χ4v) is 3.42. The number of likely N-dealkylation sites (tertiary alicyclic amines) is 1. The molecule has 7 heteroatoms. The van der Waals surface area contributed by atoms with Gasteiger partial charge in [-0.3, -0.25) is 4.68 Å². The average molecular weight is 353 g/mol. The van der Waals surface area contributed by atoms with Gasteiger partial charge >= 0.3 is 0 Å². The van der Waals surface area contributed by atoms with Crippen LogP contribution in [0, 0.1) is 0 Å². The molecule has 0 saturated carbocycles. The van der Waals surface area contributed by atoms with Crippen LogP contribution in [-0.2, 0) is 6.54 Å². The summed E-state index contributed by atoms with van der Waals surface area (Å²) >= 11 is 0. The molecule has 2 aromatic heterocycles. The lowest BCUT2D eigenvalue weighted by Crippen LogP contribution is -2.35. The van der Waals surface area contributed by atoms with Gasteiger partial charge in [-0.15, -0.1) is 0 Å². The van der Waals surface area contributed by atoms with E-state index in [4.69, 9.17) is 9.26 Å². The van der Waals surface area contributed by atoms with E-state index in [1.165, 1.54) is 0 Å². The highest BCUT2D eigenvalue weighted by atomic mass is 16.5. The number of para-hydroxylation sites is 1. The molecule has 0 amide bonds. The highest BCUT2D eigenvalue weighted by molar-refractivity contribution is 5.62. The summed E-state index contributed by atoms with van der Waals surface area (Å²) in [6.45, 7) is 4.04. The SMILES string of the molecule is COc1ccccc1-c1nc(C2CCN(CCn3cccn3)CC2)no1. The van der Waals surface area contributed by atoms with E-state index in [0.29, 0.717) is 11.8 Å². The van der Waals surface area contributed by atoms with Crippen LogP contribution in [0.2, 0.25) is 0 Å². The molecule has 3 aromatic rings. The molecule has 1 fully saturated rings. The summed E-state index contributed by atoms with van der Waals surface area (Å²) in [4.78, 5) is 7.11. The predicted octanol–water partition coefficient (Wildman–Crippen LogP) is 2.82. The second-order valence-corrected chi connectivity index (χ2v) is 6.54. The maximum Gasteiger partial charge on any atom is 0.261 e. The van der Waals surface area contributed by atoms with Crippen molar-refractivity contribution in [1.29, 1.82) is 0 Å². The Morgan fingerprint density at radius 1 is 1.15 bits per heavy atom. The quantitative estimate of drug-likeness (QED) is 0.679. The summed E-state index contributed by atoms with van der Waals surface area (Å²) in [5.41, 5.74) is 0.838. The third-order valence-corrected chi connectivity index (χ3v) is 4.94. The molecule has 0 unspecified atom stereocenters. The summed E-state index contributed by atoms with van der Waals surface area (Å²) in [6, 6.07) is 9.67. The van der Waals surface area contributed by atoms with Crippen molar-refractivity contribution >= 4 is 0 Å². The maximum atomic E-state index is 5.50. The second kappa shape index (κ2) is 7.70. The molecule has 0 N–H and O–H groups in total. The van der Waals surface area contributed by atoms with Crippen molar-refractivity contribution in [1.82, 2.24) is 24.8 Å². The average Bonchev–Trinajstić information content (AvgIpc) is 3.39. The first kappa shape index (κ1) is 16.8. The smallest absolute Gasteiger partial charge is 0.261 e. The van der Waals surface area contributed by atoms with Gasteiger partial charge in [0.15, 0.2) is 5.82 Å². The Morgan fingerprint density at radius 2 is 2.00 bits per heavy atom. The number of hydrogen-bond donors (Lipinski definition) is 0. The number of rotatable bonds is 6. The second-order valence-electron chi connectivity index (χ2n) is 6.54. The molecule has 4 rings (SSSR count). The molecule has 1 aliphatic heterocycles. The Kier molecular flexibility index (Phi) is 4.97. The van der Waals surface area contributed by atoms with Gasteiger partial charge in [0.1, 0.15) is 5.75 Å². The van der Waals surface area contributed by atoms with Gasteiger partial charge in [0, 0.05) is 24.9 Å². The van der Waals surface area contributed by atoms with E-state index in [1.807, 2.05) is 47.4 Å². The summed E-state index contributed by atoms with van der Waals surface area (Å²) < 4.78 is 12.9. The normalized spacial score (nSPS) is 16.0. The van der Waals surface area contributed by atoms with E-state index in [1.54, 1.807) is 7.11 Å². The molecule has 0 spiro atoms. The van der Waals surface area contributed by atoms with E-state index in [0.717, 1.165) is 56.2 Å². The molecule has 3 heterocycles. The Labute approximate surface area is 152 Å². The minimum Gasteiger partial charge on any atom is -0.496 e. The van der Waals surface area contributed by atoms with Crippen molar-refractivity contribution in [3.63, 3.8) is 0 Å². The number of nitrogens with zero attached hydrogens (tertiary/aromatic N) is 5. The maximum absolute atomic E-state index is 5.50. The van der Waals surface area contributed by atoms with Crippen LogP contribution in [0.1, 0.15) is 24.6 Å². The third kappa shape index (κ3) is 3.62. The molecule has 0 atom stereocenters. The van der Waals surface area contributed by atoms with Gasteiger partial charge in [-0.2, -0.15) is 10.1 Å². The van der Waals surface area contributed by atoms with Crippen molar-refractivity contribution in [2.75, 3.05) is 26.7 Å². The molecule has 136 valence electrons. The van der Waals surface area contributed by atoms with Gasteiger partial charge < -0.3 is 14.2 Å². The number of piperidine rings is 1. The molecule has 1 aliphatic rings. The van der Waals surface area contributed by atoms with Crippen molar-refractivity contribution in [2.24, 2.45) is 0 Å². The summed E-state index contributed by atoms with van der Waals surface area (Å²) in [6.07, 6.45) is 5.92. The van der Waals surface area contributed by atoms with Gasteiger partial charge in [-0.1, -0.05) is 17.3 Å². The lowest BCUT2D eigenvalue weighted by Gasteiger charge is -2.30. The number of benzene rings is 1. The molecule has 7 nitrogen and oxygen atoms in total. The minimum atomic E-state index is 0.350. The van der Waals surface area contributed by atoms with Gasteiger partial charge in [-0.05, 0) is 44.1 Å². The van der Waals surface area contributed by atoms with Crippen molar-refractivity contribution in [3.8, 4) is 17.2 Å². The Bertz CT molecular complexity index is 822. The minimum absolute atomic E-state index is 0.350. The van der Waals surface area contributed by atoms with Crippen LogP contribution < -0.4 is 4.74 Å². The molecule has 0 aliphatic carbocycles. The molecule has 1 saturated heterocycles. The summed E-state index contributed by atoms with van der Waals surface area (Å²) in [7, 11) is 1.65. The Hall–Kier alpha value is -2.67. The summed E-state index contributed by atoms with van der Waals surface area (Å²) in [5, 5.41) is 8.49. The lowest BCUT2D eigenvalue weighted by molar-refractivity contribution is 0.198. The van der Waals surface area contributed by atoms with Crippen molar-refractivity contribution in [2.45, 2.75) is 25.3 Å². The topological polar surface area (TPSA) is 69.2 Å². The third-order valence-electron chi connectivity index (χ3n) is 4.94. The van der Waals surface area contributed by atoms with Gasteiger partial charge in [0.25, 0.3) is 5.89 Å². The first-order valence-electron chi connectivity index (χ1n) is 9.00. The Balaban J connectivity index is 1.35. The Morgan fingerprint density at radius 3 is 2.77 bits per heavy atom. The van der Waals surface area contributed by atoms with Crippen molar-refractivity contribution in [3.05, 3.63) is 48.5 Å². The van der Waals surface area contributed by atoms with Crippen LogP contribution in [-0.4, -0.2) is 51.6 Å². The fraction of sp³-hybridized carbons (Fsp3) is 0.421. The standard InChI is InChI=1S/C19H23N5O2/c1-25-17-6-3-2-5-16(17)19-21-18(22-26-19)15-7-11-23(12-8-15)13-14-24-10-4-9-20-24/h2-6,9-10,15H,7-8,11-14H2,1H3. The number of methoxy groups -OCH3 is 1. The fourth-order valence-electron chi connectivity index (χ4n) is 3.42. The lowest BCUT2D eigenvalue weighted by atomic mass is 9.96. The van der Waals surface area contributed by atoms with Gasteiger partial charge in [-0.25, -0.2) is 0 Å². The van der Waals surface area contributed by atoms with Crippen LogP contribution in [0.5, 0.6) is 5.75 Å². The van der Waals surface area contributed by atoms with E-state index in [2.05, 4.69) is 20.1 Å². The van der Waals surface area contributed by atoms with Crippen LogP contribution in [0.15, 0.2) is 47.2 Å². The van der Waals surface area contributed by atoms with E-state index < -0.39 is 0 Å². The van der Waals surface area contributed by atoms with E-state index >= 15 is 0 Å². The highest BCUT2D eigenvalue weighted by Gasteiger charge is 2.25. The van der Waals surface area contributed by atoms with Crippen LogP contribution in [0.3, 0.4) is 0 Å². The van der Waals surface area contributed by atoms with E-state index in [9.17, 15) is 0 Å². The van der Waals surface area contributed by atoms with Crippen LogP contribution >= 0.6 is 0 Å². The highest BCUT2D eigenvalue weighted by Crippen LogP contribution is 2.31. The van der Waals surface area contributed by atoms with Crippen LogP contribution in [0.4, 0.5) is 0 Å². The summed E-state index contributed by atoms with van der Waals surface area (Å²) in [5.74, 6) is 2.43. The van der Waals surface area contributed by atoms with Crippen LogP contribution in [0.25, 0.3) is 11.5 Å². The zero-order chi connectivity index (χ0) is 17.8. The number of ether oxygens (including phenoxy) is 1. The zero-order valence-electron chi connectivity index (χ0n) is 14.9. The monoisotopic (exact) mass is 353 g/mol. The first-order chi connectivity index (χ1) is 12.8. The molecular formula is C19H23N5O2. The molecule has 0 bridgehead atoms. The van der Waals surface area contributed by atoms with Gasteiger partial charge in [0.05, 0.1) is 19.2 Å². The largest absolute Gasteiger partial charge is 0.496 e. The van der Waals surface area contributed by atoms with Gasteiger partial charge in [0.2, 0.25) is 0 Å². The molecular weight excluding hydrogens is 330 g/mol. The molecule has 1 aromatic carbocycles. The molecule has 26 heavy (non-hydrogen) atoms. The first-order valence-corrected chi connectivity index (χ1v) is 9.00. The molecule has 0 radical (unpaired) electrons. The van der Waals surface area contributed by atoms with E-state index in [-0.39, 0.29) is 0 Å². The number of hydrogen-bond acceptors (Lipinski definition) is 6. The van der Waals surface area contributed by atoms with Crippen molar-refractivity contribution < 1.29 is 9.26 Å². The predicted molar refractivity (Wildman–Crippen MR) is 96.9 cm³/mol. The number of aromatic nitrogens is 4. The zero-order valence-corrected chi connectivity index (χ0v) is 14.9.